The summed E-state index contributed by atoms with van der Waals surface area (Å²) in [4.78, 5) is 8.88. The molecule has 100 valence electrons. The molecule has 2 rings (SSSR count). The number of ether oxygens (including phenoxy) is 1. The van der Waals surface area contributed by atoms with Crippen LogP contribution in [0.3, 0.4) is 0 Å². The highest BCUT2D eigenvalue weighted by Gasteiger charge is 2.05. The van der Waals surface area contributed by atoms with Crippen molar-refractivity contribution in [1.29, 1.82) is 0 Å². The fourth-order valence-corrected chi connectivity index (χ4v) is 1.86. The maximum atomic E-state index is 5.80. The predicted molar refractivity (Wildman–Crippen MR) is 74.8 cm³/mol. The molecule has 2 aromatic rings. The Balaban J connectivity index is 2.09. The summed E-state index contributed by atoms with van der Waals surface area (Å²) in [5.74, 6) is 0.827. The average molecular weight is 257 g/mol. The quantitative estimate of drug-likeness (QED) is 0.893. The summed E-state index contributed by atoms with van der Waals surface area (Å²) in [5, 5.41) is 0. The highest BCUT2D eigenvalue weighted by atomic mass is 16.5. The highest BCUT2D eigenvalue weighted by Crippen LogP contribution is 2.18. The van der Waals surface area contributed by atoms with Crippen molar-refractivity contribution in [2.75, 3.05) is 0 Å². The number of hydrogen-bond acceptors (Lipinski definition) is 4. The molecule has 0 aliphatic heterocycles. The second kappa shape index (κ2) is 6.29. The third-order valence-corrected chi connectivity index (χ3v) is 2.86. The molecule has 0 saturated carbocycles. The Bertz CT molecular complexity index is 555. The van der Waals surface area contributed by atoms with E-state index < -0.39 is 0 Å². The van der Waals surface area contributed by atoms with Gasteiger partial charge in [-0.3, -0.25) is 9.97 Å². The standard InChI is InChI=1S/C15H19N3O/c1-3-14-15(8-7-11(2)17-14)19-10-13-6-4-5-12(9-16)18-13/h4-8H,3,9-10,16H2,1-2H3. The van der Waals surface area contributed by atoms with E-state index in [1.54, 1.807) is 0 Å². The minimum atomic E-state index is 0.436. The van der Waals surface area contributed by atoms with Crippen molar-refractivity contribution in [3.05, 3.63) is 53.1 Å². The van der Waals surface area contributed by atoms with Crippen LogP contribution in [0.5, 0.6) is 5.75 Å². The second-order valence-electron chi connectivity index (χ2n) is 4.36. The molecule has 0 amide bonds. The molecule has 0 aliphatic rings. The zero-order valence-corrected chi connectivity index (χ0v) is 11.4. The van der Waals surface area contributed by atoms with Crippen molar-refractivity contribution in [2.24, 2.45) is 5.73 Å². The number of nitrogens with zero attached hydrogens (tertiary/aromatic N) is 2. The minimum Gasteiger partial charge on any atom is -0.485 e. The van der Waals surface area contributed by atoms with Gasteiger partial charge in [-0.2, -0.15) is 0 Å². The van der Waals surface area contributed by atoms with E-state index >= 15 is 0 Å². The first-order valence-electron chi connectivity index (χ1n) is 6.47. The van der Waals surface area contributed by atoms with E-state index in [2.05, 4.69) is 16.9 Å². The lowest BCUT2D eigenvalue weighted by Crippen LogP contribution is -2.05. The van der Waals surface area contributed by atoms with E-state index in [9.17, 15) is 0 Å². The molecule has 0 unspecified atom stereocenters. The van der Waals surface area contributed by atoms with E-state index in [1.807, 2.05) is 37.3 Å². The van der Waals surface area contributed by atoms with Crippen LogP contribution in [-0.2, 0) is 19.6 Å². The Morgan fingerprint density at radius 3 is 2.63 bits per heavy atom. The summed E-state index contributed by atoms with van der Waals surface area (Å²) in [6, 6.07) is 9.72. The third-order valence-electron chi connectivity index (χ3n) is 2.86. The molecule has 0 spiro atoms. The fourth-order valence-electron chi connectivity index (χ4n) is 1.86. The van der Waals surface area contributed by atoms with Gasteiger partial charge in [0.1, 0.15) is 12.4 Å². The highest BCUT2D eigenvalue weighted by molar-refractivity contribution is 5.29. The molecule has 4 heteroatoms. The summed E-state index contributed by atoms with van der Waals surface area (Å²) in [6.07, 6.45) is 0.854. The van der Waals surface area contributed by atoms with Crippen molar-refractivity contribution in [1.82, 2.24) is 9.97 Å². The molecular formula is C15H19N3O. The van der Waals surface area contributed by atoms with Gasteiger partial charge in [0.2, 0.25) is 0 Å². The van der Waals surface area contributed by atoms with Crippen LogP contribution >= 0.6 is 0 Å². The van der Waals surface area contributed by atoms with Crippen LogP contribution in [0.4, 0.5) is 0 Å². The first-order chi connectivity index (χ1) is 9.22. The Morgan fingerprint density at radius 2 is 1.89 bits per heavy atom. The largest absolute Gasteiger partial charge is 0.485 e. The number of aromatic nitrogens is 2. The normalized spacial score (nSPS) is 10.5. The monoisotopic (exact) mass is 257 g/mol. The third kappa shape index (κ3) is 3.51. The summed E-state index contributed by atoms with van der Waals surface area (Å²) in [5.41, 5.74) is 9.32. The number of rotatable bonds is 5. The maximum Gasteiger partial charge on any atom is 0.141 e. The SMILES string of the molecule is CCc1nc(C)ccc1OCc1cccc(CN)n1. The Kier molecular flexibility index (Phi) is 4.47. The van der Waals surface area contributed by atoms with Gasteiger partial charge in [-0.25, -0.2) is 0 Å². The molecule has 0 fully saturated rings. The Morgan fingerprint density at radius 1 is 1.11 bits per heavy atom. The van der Waals surface area contributed by atoms with Crippen LogP contribution in [-0.4, -0.2) is 9.97 Å². The number of hydrogen-bond donors (Lipinski definition) is 1. The number of aryl methyl sites for hydroxylation is 2. The van der Waals surface area contributed by atoms with Gasteiger partial charge in [0.05, 0.1) is 17.1 Å². The molecular weight excluding hydrogens is 238 g/mol. The average Bonchev–Trinajstić information content (AvgIpc) is 2.46. The van der Waals surface area contributed by atoms with Gasteiger partial charge in [0.15, 0.2) is 0 Å². The summed E-state index contributed by atoms with van der Waals surface area (Å²) in [7, 11) is 0. The molecule has 4 nitrogen and oxygen atoms in total. The van der Waals surface area contributed by atoms with E-state index in [1.165, 1.54) is 0 Å². The molecule has 19 heavy (non-hydrogen) atoms. The Labute approximate surface area is 113 Å². The number of nitrogens with two attached hydrogens (primary N) is 1. The van der Waals surface area contributed by atoms with Crippen LogP contribution in [0.1, 0.15) is 29.7 Å². The summed E-state index contributed by atoms with van der Waals surface area (Å²) in [6.45, 7) is 4.93. The molecule has 2 heterocycles. The Hall–Kier alpha value is -1.94. The first-order valence-corrected chi connectivity index (χ1v) is 6.47. The number of pyridine rings is 2. The van der Waals surface area contributed by atoms with Gasteiger partial charge in [0, 0.05) is 12.2 Å². The fraction of sp³-hybridized carbons (Fsp3) is 0.333. The lowest BCUT2D eigenvalue weighted by Gasteiger charge is -2.10. The van der Waals surface area contributed by atoms with Crippen molar-refractivity contribution in [3.63, 3.8) is 0 Å². The molecule has 0 saturated heterocycles. The maximum absolute atomic E-state index is 5.80. The zero-order valence-electron chi connectivity index (χ0n) is 11.4. The summed E-state index contributed by atoms with van der Waals surface area (Å²) < 4.78 is 5.80. The topological polar surface area (TPSA) is 61.0 Å². The molecule has 0 atom stereocenters. The van der Waals surface area contributed by atoms with Crippen LogP contribution < -0.4 is 10.5 Å². The first kappa shape index (κ1) is 13.5. The molecule has 0 radical (unpaired) electrons. The van der Waals surface area contributed by atoms with Crippen LogP contribution in [0, 0.1) is 6.92 Å². The van der Waals surface area contributed by atoms with Gasteiger partial charge in [-0.05, 0) is 37.6 Å². The van der Waals surface area contributed by atoms with Crippen molar-refractivity contribution < 1.29 is 4.74 Å². The van der Waals surface area contributed by atoms with E-state index in [0.29, 0.717) is 13.2 Å². The molecule has 2 aromatic heterocycles. The second-order valence-corrected chi connectivity index (χ2v) is 4.36. The van der Waals surface area contributed by atoms with Crippen molar-refractivity contribution in [3.8, 4) is 5.75 Å². The molecule has 0 bridgehead atoms. The molecule has 0 aromatic carbocycles. The lowest BCUT2D eigenvalue weighted by molar-refractivity contribution is 0.296. The van der Waals surface area contributed by atoms with Crippen LogP contribution in [0.15, 0.2) is 30.3 Å². The van der Waals surface area contributed by atoms with Crippen molar-refractivity contribution >= 4 is 0 Å². The van der Waals surface area contributed by atoms with Crippen molar-refractivity contribution in [2.45, 2.75) is 33.4 Å². The zero-order chi connectivity index (χ0) is 13.7. The molecule has 0 aliphatic carbocycles. The van der Waals surface area contributed by atoms with E-state index in [0.717, 1.165) is 34.9 Å². The van der Waals surface area contributed by atoms with Crippen LogP contribution in [0.2, 0.25) is 0 Å². The minimum absolute atomic E-state index is 0.436. The van der Waals surface area contributed by atoms with Crippen LogP contribution in [0.25, 0.3) is 0 Å². The van der Waals surface area contributed by atoms with Gasteiger partial charge in [-0.1, -0.05) is 13.0 Å². The molecule has 2 N–H and O–H groups in total. The van der Waals surface area contributed by atoms with E-state index in [4.69, 9.17) is 10.5 Å². The van der Waals surface area contributed by atoms with Gasteiger partial charge in [0.25, 0.3) is 0 Å². The lowest BCUT2D eigenvalue weighted by atomic mass is 10.2. The summed E-state index contributed by atoms with van der Waals surface area (Å²) >= 11 is 0. The van der Waals surface area contributed by atoms with Gasteiger partial charge < -0.3 is 10.5 Å². The predicted octanol–water partition coefficient (Wildman–Crippen LogP) is 2.39. The smallest absolute Gasteiger partial charge is 0.141 e. The van der Waals surface area contributed by atoms with Gasteiger partial charge >= 0.3 is 0 Å². The van der Waals surface area contributed by atoms with Gasteiger partial charge in [-0.15, -0.1) is 0 Å². The van der Waals surface area contributed by atoms with E-state index in [-0.39, 0.29) is 0 Å².